The summed E-state index contributed by atoms with van der Waals surface area (Å²) in [5.41, 5.74) is 1.24. The molecule has 0 aliphatic carbocycles. The Morgan fingerprint density at radius 3 is 2.46 bits per heavy atom. The third kappa shape index (κ3) is 7.24. The van der Waals surface area contributed by atoms with E-state index in [-0.39, 0.29) is 11.1 Å². The maximum Gasteiger partial charge on any atom is 0.193 e. The van der Waals surface area contributed by atoms with Crippen molar-refractivity contribution in [3.8, 4) is 0 Å². The quantitative estimate of drug-likeness (QED) is 0.227. The molecule has 1 nitrogen and oxygen atoms in total. The molecule has 0 fully saturated rings. The number of unbranched alkanes of at least 4 members (excludes halogenated alkanes) is 4. The van der Waals surface area contributed by atoms with Crippen LogP contribution in [0, 0.1) is 0 Å². The van der Waals surface area contributed by atoms with Gasteiger partial charge in [-0.05, 0) is 48.7 Å². The lowest BCUT2D eigenvalue weighted by atomic mass is 10.1. The van der Waals surface area contributed by atoms with E-state index >= 15 is 0 Å². The van der Waals surface area contributed by atoms with Gasteiger partial charge in [-0.2, -0.15) is 0 Å². The Balaban J connectivity index is 2.86. The van der Waals surface area contributed by atoms with E-state index in [1.165, 1.54) is 31.2 Å². The molecule has 0 saturated carbocycles. The van der Waals surface area contributed by atoms with Crippen LogP contribution in [-0.2, 0) is 4.43 Å². The van der Waals surface area contributed by atoms with Crippen molar-refractivity contribution < 1.29 is 4.43 Å². The normalized spacial score (nSPS) is 14.3. The average molecular weight is 412 g/mol. The van der Waals surface area contributed by atoms with Crippen LogP contribution in [0.5, 0.6) is 0 Å². The van der Waals surface area contributed by atoms with Gasteiger partial charge in [-0.1, -0.05) is 87.2 Å². The summed E-state index contributed by atoms with van der Waals surface area (Å²) >= 11 is 3.59. The van der Waals surface area contributed by atoms with Gasteiger partial charge in [0, 0.05) is 4.47 Å². The zero-order chi connectivity index (χ0) is 18.2. The fourth-order valence-electron chi connectivity index (χ4n) is 2.30. The smallest absolute Gasteiger partial charge is 0.193 e. The third-order valence-electron chi connectivity index (χ3n) is 4.94. The minimum Gasteiger partial charge on any atom is -0.407 e. The molecule has 0 amide bonds. The van der Waals surface area contributed by atoms with E-state index in [2.05, 4.69) is 93.1 Å². The molecule has 1 aromatic carbocycles. The molecule has 0 heterocycles. The molecular weight excluding hydrogens is 376 g/mol. The van der Waals surface area contributed by atoms with Crippen molar-refractivity contribution in [2.45, 2.75) is 84.0 Å². The monoisotopic (exact) mass is 410 g/mol. The van der Waals surface area contributed by atoms with Crippen molar-refractivity contribution >= 4 is 24.2 Å². The minimum absolute atomic E-state index is 0.0505. The molecule has 0 spiro atoms. The van der Waals surface area contributed by atoms with Gasteiger partial charge >= 0.3 is 0 Å². The summed E-state index contributed by atoms with van der Waals surface area (Å²) in [6, 6.07) is 8.51. The molecular formula is C21H35BrOSi. The van der Waals surface area contributed by atoms with Crippen molar-refractivity contribution in [2.24, 2.45) is 0 Å². The van der Waals surface area contributed by atoms with Crippen molar-refractivity contribution in [3.63, 3.8) is 0 Å². The lowest BCUT2D eigenvalue weighted by molar-refractivity contribution is 0.229. The second kappa shape index (κ2) is 9.93. The minimum atomic E-state index is -1.82. The number of halogens is 1. The van der Waals surface area contributed by atoms with Crippen LogP contribution in [0.3, 0.4) is 0 Å². The van der Waals surface area contributed by atoms with Crippen LogP contribution in [-0.4, -0.2) is 8.32 Å². The first-order valence-electron chi connectivity index (χ1n) is 9.27. The Morgan fingerprint density at radius 2 is 1.88 bits per heavy atom. The molecule has 0 aromatic heterocycles. The van der Waals surface area contributed by atoms with E-state index in [1.54, 1.807) is 0 Å². The molecule has 1 aromatic rings. The standard InChI is InChI=1S/C21H35BrOSi/c1-7-8-9-10-11-12-16-20(18-14-13-15-19(22)17-18)23-24(5,6)21(2,3)4/h12-17,20H,7-11H2,1-6H3. The molecule has 24 heavy (non-hydrogen) atoms. The van der Waals surface area contributed by atoms with Crippen molar-refractivity contribution in [1.29, 1.82) is 0 Å². The van der Waals surface area contributed by atoms with E-state index in [1.807, 2.05) is 0 Å². The van der Waals surface area contributed by atoms with Gasteiger partial charge in [0.2, 0.25) is 0 Å². The van der Waals surface area contributed by atoms with E-state index < -0.39 is 8.32 Å². The predicted molar refractivity (Wildman–Crippen MR) is 113 cm³/mol. The van der Waals surface area contributed by atoms with Gasteiger partial charge in [0.25, 0.3) is 0 Å². The van der Waals surface area contributed by atoms with Crippen LogP contribution in [0.15, 0.2) is 40.9 Å². The molecule has 0 N–H and O–H groups in total. The van der Waals surface area contributed by atoms with Gasteiger partial charge in [0.05, 0.1) is 6.10 Å². The number of hydrogen-bond donors (Lipinski definition) is 0. The summed E-state index contributed by atoms with van der Waals surface area (Å²) in [5, 5.41) is 0.215. The van der Waals surface area contributed by atoms with Crippen molar-refractivity contribution in [2.75, 3.05) is 0 Å². The molecule has 1 rings (SSSR count). The summed E-state index contributed by atoms with van der Waals surface area (Å²) in [6.45, 7) is 13.8. The zero-order valence-corrected chi connectivity index (χ0v) is 18.9. The van der Waals surface area contributed by atoms with Gasteiger partial charge in [0.1, 0.15) is 0 Å². The number of hydrogen-bond acceptors (Lipinski definition) is 1. The molecule has 0 radical (unpaired) electrons. The predicted octanol–water partition coefficient (Wildman–Crippen LogP) is 8.04. The highest BCUT2D eigenvalue weighted by Gasteiger charge is 2.39. The Morgan fingerprint density at radius 1 is 1.17 bits per heavy atom. The summed E-state index contributed by atoms with van der Waals surface area (Å²) in [7, 11) is -1.82. The maximum absolute atomic E-state index is 6.70. The summed E-state index contributed by atoms with van der Waals surface area (Å²) in [6.07, 6.45) is 11.0. The van der Waals surface area contributed by atoms with E-state index in [9.17, 15) is 0 Å². The lowest BCUT2D eigenvalue weighted by Gasteiger charge is -2.38. The third-order valence-corrected chi connectivity index (χ3v) is 9.89. The van der Waals surface area contributed by atoms with Gasteiger partial charge in [0.15, 0.2) is 8.32 Å². The summed E-state index contributed by atoms with van der Waals surface area (Å²) in [5.74, 6) is 0. The second-order valence-corrected chi connectivity index (χ2v) is 13.8. The van der Waals surface area contributed by atoms with Crippen LogP contribution < -0.4 is 0 Å². The molecule has 136 valence electrons. The van der Waals surface area contributed by atoms with E-state index in [0.717, 1.165) is 10.9 Å². The number of allylic oxidation sites excluding steroid dienone is 1. The first-order valence-corrected chi connectivity index (χ1v) is 13.0. The largest absolute Gasteiger partial charge is 0.407 e. The van der Waals surface area contributed by atoms with E-state index in [0.29, 0.717) is 0 Å². The molecule has 0 aliphatic heterocycles. The van der Waals surface area contributed by atoms with Crippen LogP contribution >= 0.6 is 15.9 Å². The van der Waals surface area contributed by atoms with Crippen LogP contribution in [0.25, 0.3) is 0 Å². The van der Waals surface area contributed by atoms with Crippen molar-refractivity contribution in [3.05, 3.63) is 46.5 Å². The SMILES string of the molecule is CCCCCCC=CC(O[Si](C)(C)C(C)(C)C)c1cccc(Br)c1. The van der Waals surface area contributed by atoms with E-state index in [4.69, 9.17) is 4.43 Å². The lowest BCUT2D eigenvalue weighted by Crippen LogP contribution is -2.41. The molecule has 0 aliphatic rings. The highest BCUT2D eigenvalue weighted by molar-refractivity contribution is 9.10. The Labute approximate surface area is 159 Å². The van der Waals surface area contributed by atoms with Gasteiger partial charge in [-0.3, -0.25) is 0 Å². The van der Waals surface area contributed by atoms with Crippen LogP contribution in [0.4, 0.5) is 0 Å². The summed E-state index contributed by atoms with van der Waals surface area (Å²) < 4.78 is 7.81. The maximum atomic E-state index is 6.70. The van der Waals surface area contributed by atoms with Crippen LogP contribution in [0.2, 0.25) is 18.1 Å². The average Bonchev–Trinajstić information content (AvgIpc) is 2.48. The molecule has 1 unspecified atom stereocenters. The number of benzene rings is 1. The van der Waals surface area contributed by atoms with Crippen molar-refractivity contribution in [1.82, 2.24) is 0 Å². The van der Waals surface area contributed by atoms with Gasteiger partial charge < -0.3 is 4.43 Å². The van der Waals surface area contributed by atoms with Gasteiger partial charge in [-0.15, -0.1) is 0 Å². The molecule has 1 atom stereocenters. The Hall–Kier alpha value is -0.383. The van der Waals surface area contributed by atoms with Gasteiger partial charge in [-0.25, -0.2) is 0 Å². The van der Waals surface area contributed by atoms with Crippen LogP contribution in [0.1, 0.15) is 71.5 Å². The molecule has 0 bridgehead atoms. The fraction of sp³-hybridized carbons (Fsp3) is 0.619. The zero-order valence-electron chi connectivity index (χ0n) is 16.4. The first kappa shape index (κ1) is 21.7. The Bertz CT molecular complexity index is 517. The highest BCUT2D eigenvalue weighted by Crippen LogP contribution is 2.40. The second-order valence-electron chi connectivity index (χ2n) is 8.13. The topological polar surface area (TPSA) is 9.23 Å². The number of rotatable bonds is 9. The first-order chi connectivity index (χ1) is 11.2. The fourth-order valence-corrected chi connectivity index (χ4v) is 3.92. The summed E-state index contributed by atoms with van der Waals surface area (Å²) in [4.78, 5) is 0. The Kier molecular flexibility index (Phi) is 8.97. The molecule has 0 saturated heterocycles. The molecule has 3 heteroatoms. The highest BCUT2D eigenvalue weighted by atomic mass is 79.9.